The molecule has 1 aromatic heterocycles. The molecule has 0 radical (unpaired) electrons. The number of nitrogens with zero attached hydrogens (tertiary/aromatic N) is 2. The van der Waals surface area contributed by atoms with Crippen LogP contribution < -0.4 is 5.32 Å². The van der Waals surface area contributed by atoms with Gasteiger partial charge in [-0.05, 0) is 54.7 Å². The molecule has 8 heteroatoms. The second-order valence-corrected chi connectivity index (χ2v) is 10.2. The standard InChI is InChI=1S/C21H21N3O3S2/c1-24(2)29(26,27)18-8-4-7-17(12-18)20(25)23-21-22-19(13-28-21)16-10-9-14-5-3-6-15(14)11-16/h4,7-13H,3,5-6H2,1-2H3,(H,22,23,25). The molecule has 29 heavy (non-hydrogen) atoms. The fourth-order valence-corrected chi connectivity index (χ4v) is 5.04. The minimum Gasteiger partial charge on any atom is -0.298 e. The molecule has 4 rings (SSSR count). The second-order valence-electron chi connectivity index (χ2n) is 7.14. The highest BCUT2D eigenvalue weighted by molar-refractivity contribution is 7.89. The van der Waals surface area contributed by atoms with Crippen LogP contribution >= 0.6 is 11.3 Å². The van der Waals surface area contributed by atoms with Crippen LogP contribution in [0.3, 0.4) is 0 Å². The van der Waals surface area contributed by atoms with Crippen molar-refractivity contribution in [1.29, 1.82) is 0 Å². The zero-order valence-corrected chi connectivity index (χ0v) is 17.8. The fourth-order valence-electron chi connectivity index (χ4n) is 3.37. The van der Waals surface area contributed by atoms with Crippen molar-refractivity contribution < 1.29 is 13.2 Å². The molecule has 0 atom stereocenters. The first-order valence-electron chi connectivity index (χ1n) is 9.26. The van der Waals surface area contributed by atoms with Gasteiger partial charge < -0.3 is 0 Å². The van der Waals surface area contributed by atoms with Gasteiger partial charge in [0.25, 0.3) is 5.91 Å². The summed E-state index contributed by atoms with van der Waals surface area (Å²) in [7, 11) is -0.690. The van der Waals surface area contributed by atoms with Crippen molar-refractivity contribution >= 4 is 32.4 Å². The van der Waals surface area contributed by atoms with Gasteiger partial charge in [-0.2, -0.15) is 0 Å². The van der Waals surface area contributed by atoms with E-state index < -0.39 is 15.9 Å². The molecule has 0 spiro atoms. The van der Waals surface area contributed by atoms with Crippen molar-refractivity contribution in [2.45, 2.75) is 24.2 Å². The van der Waals surface area contributed by atoms with Crippen LogP contribution in [0.2, 0.25) is 0 Å². The van der Waals surface area contributed by atoms with E-state index >= 15 is 0 Å². The number of anilines is 1. The number of thiazole rings is 1. The predicted octanol–water partition coefficient (Wildman–Crippen LogP) is 3.80. The maximum Gasteiger partial charge on any atom is 0.257 e. The summed E-state index contributed by atoms with van der Waals surface area (Å²) in [4.78, 5) is 17.2. The molecule has 0 saturated carbocycles. The lowest BCUT2D eigenvalue weighted by Crippen LogP contribution is -2.22. The zero-order valence-electron chi connectivity index (χ0n) is 16.2. The Morgan fingerprint density at radius 2 is 1.90 bits per heavy atom. The Bertz CT molecular complexity index is 1180. The molecule has 0 saturated heterocycles. The summed E-state index contributed by atoms with van der Waals surface area (Å²) in [6.45, 7) is 0. The van der Waals surface area contributed by atoms with Crippen LogP contribution in [0.4, 0.5) is 5.13 Å². The number of aromatic nitrogens is 1. The molecule has 1 aliphatic rings. The van der Waals surface area contributed by atoms with Gasteiger partial charge in [0, 0.05) is 30.6 Å². The Hall–Kier alpha value is -2.55. The molecular weight excluding hydrogens is 406 g/mol. The lowest BCUT2D eigenvalue weighted by Gasteiger charge is -2.12. The molecule has 1 heterocycles. The molecule has 0 aliphatic heterocycles. The average molecular weight is 428 g/mol. The Morgan fingerprint density at radius 3 is 2.69 bits per heavy atom. The van der Waals surface area contributed by atoms with Gasteiger partial charge in [-0.25, -0.2) is 17.7 Å². The van der Waals surface area contributed by atoms with Crippen LogP contribution in [-0.4, -0.2) is 37.7 Å². The van der Waals surface area contributed by atoms with E-state index in [4.69, 9.17) is 0 Å². The number of hydrogen-bond donors (Lipinski definition) is 1. The van der Waals surface area contributed by atoms with Gasteiger partial charge in [0.15, 0.2) is 5.13 Å². The van der Waals surface area contributed by atoms with E-state index in [-0.39, 0.29) is 10.5 Å². The molecule has 0 unspecified atom stereocenters. The van der Waals surface area contributed by atoms with Crippen LogP contribution in [0.5, 0.6) is 0 Å². The van der Waals surface area contributed by atoms with Gasteiger partial charge in [0.2, 0.25) is 10.0 Å². The first-order valence-corrected chi connectivity index (χ1v) is 11.6. The molecule has 6 nitrogen and oxygen atoms in total. The van der Waals surface area contributed by atoms with Gasteiger partial charge in [0.1, 0.15) is 0 Å². The third-order valence-corrected chi connectivity index (χ3v) is 7.56. The van der Waals surface area contributed by atoms with Crippen LogP contribution in [0.25, 0.3) is 11.3 Å². The van der Waals surface area contributed by atoms with E-state index in [1.807, 2.05) is 5.38 Å². The van der Waals surface area contributed by atoms with Gasteiger partial charge in [0.05, 0.1) is 10.6 Å². The van der Waals surface area contributed by atoms with Gasteiger partial charge in [-0.15, -0.1) is 11.3 Å². The van der Waals surface area contributed by atoms with E-state index in [2.05, 4.69) is 28.5 Å². The Kier molecular flexibility index (Phi) is 5.24. The van der Waals surface area contributed by atoms with Crippen LogP contribution in [-0.2, 0) is 22.9 Å². The Morgan fingerprint density at radius 1 is 1.10 bits per heavy atom. The molecule has 1 N–H and O–H groups in total. The lowest BCUT2D eigenvalue weighted by atomic mass is 10.1. The average Bonchev–Trinajstić information content (AvgIpc) is 3.36. The SMILES string of the molecule is CN(C)S(=O)(=O)c1cccc(C(=O)Nc2nc(-c3ccc4c(c3)CCC4)cs2)c1. The molecule has 3 aromatic rings. The van der Waals surface area contributed by atoms with Crippen molar-refractivity contribution in [3.8, 4) is 11.3 Å². The fraction of sp³-hybridized carbons (Fsp3) is 0.238. The summed E-state index contributed by atoms with van der Waals surface area (Å²) >= 11 is 1.35. The first-order chi connectivity index (χ1) is 13.8. The third-order valence-electron chi connectivity index (χ3n) is 4.99. The van der Waals surface area contributed by atoms with Crippen molar-refractivity contribution in [3.63, 3.8) is 0 Å². The quantitative estimate of drug-likeness (QED) is 0.672. The van der Waals surface area contributed by atoms with Crippen LogP contribution in [0.1, 0.15) is 27.9 Å². The summed E-state index contributed by atoms with van der Waals surface area (Å²) in [5, 5.41) is 5.16. The molecular formula is C21H21N3O3S2. The molecule has 1 amide bonds. The van der Waals surface area contributed by atoms with Crippen molar-refractivity contribution in [2.75, 3.05) is 19.4 Å². The number of fused-ring (bicyclic) bond motifs is 1. The Labute approximate surface area is 174 Å². The number of carbonyl (C=O) groups is 1. The summed E-state index contributed by atoms with van der Waals surface area (Å²) in [5.41, 5.74) is 4.91. The minimum absolute atomic E-state index is 0.0770. The number of amides is 1. The van der Waals surface area contributed by atoms with E-state index in [1.54, 1.807) is 12.1 Å². The zero-order chi connectivity index (χ0) is 20.6. The maximum atomic E-state index is 12.6. The van der Waals surface area contributed by atoms with Crippen LogP contribution in [0.15, 0.2) is 52.7 Å². The van der Waals surface area contributed by atoms with Gasteiger partial charge >= 0.3 is 0 Å². The maximum absolute atomic E-state index is 12.6. The van der Waals surface area contributed by atoms with Crippen LogP contribution in [0, 0.1) is 0 Å². The summed E-state index contributed by atoms with van der Waals surface area (Å²) in [6.07, 6.45) is 3.43. The second kappa shape index (κ2) is 7.70. The van der Waals surface area contributed by atoms with Gasteiger partial charge in [-0.1, -0.05) is 18.2 Å². The molecule has 2 aromatic carbocycles. The molecule has 1 aliphatic carbocycles. The van der Waals surface area contributed by atoms with E-state index in [9.17, 15) is 13.2 Å². The number of sulfonamides is 1. The predicted molar refractivity (Wildman–Crippen MR) is 115 cm³/mol. The monoisotopic (exact) mass is 427 g/mol. The number of carbonyl (C=O) groups excluding carboxylic acids is 1. The topological polar surface area (TPSA) is 79.4 Å². The summed E-state index contributed by atoms with van der Waals surface area (Å²) in [6, 6.07) is 12.4. The number of aryl methyl sites for hydroxylation is 2. The van der Waals surface area contributed by atoms with Crippen molar-refractivity contribution in [1.82, 2.24) is 9.29 Å². The third kappa shape index (κ3) is 3.96. The lowest BCUT2D eigenvalue weighted by molar-refractivity contribution is 0.102. The highest BCUT2D eigenvalue weighted by Crippen LogP contribution is 2.30. The van der Waals surface area contributed by atoms with Gasteiger partial charge in [-0.3, -0.25) is 10.1 Å². The molecule has 150 valence electrons. The number of benzene rings is 2. The number of rotatable bonds is 5. The Balaban J connectivity index is 1.53. The van der Waals surface area contributed by atoms with Crippen molar-refractivity contribution in [2.24, 2.45) is 0 Å². The van der Waals surface area contributed by atoms with E-state index in [0.717, 1.165) is 28.4 Å². The number of nitrogens with one attached hydrogen (secondary N) is 1. The smallest absolute Gasteiger partial charge is 0.257 e. The molecule has 0 fully saturated rings. The van der Waals surface area contributed by atoms with E-state index in [0.29, 0.717) is 5.13 Å². The summed E-state index contributed by atoms with van der Waals surface area (Å²) in [5.74, 6) is -0.393. The number of hydrogen-bond acceptors (Lipinski definition) is 5. The van der Waals surface area contributed by atoms with E-state index in [1.165, 1.54) is 55.1 Å². The molecule has 0 bridgehead atoms. The first kappa shape index (κ1) is 19.8. The highest BCUT2D eigenvalue weighted by atomic mass is 32.2. The minimum atomic E-state index is -3.60. The summed E-state index contributed by atoms with van der Waals surface area (Å²) < 4.78 is 25.7. The van der Waals surface area contributed by atoms with Crippen molar-refractivity contribution in [3.05, 3.63) is 64.5 Å². The normalized spacial score (nSPS) is 13.5. The highest BCUT2D eigenvalue weighted by Gasteiger charge is 2.19. The largest absolute Gasteiger partial charge is 0.298 e.